The molecule has 4 heteroatoms. The summed E-state index contributed by atoms with van der Waals surface area (Å²) in [6.07, 6.45) is 1.51. The molecule has 2 N–H and O–H groups in total. The molecule has 1 aliphatic rings. The summed E-state index contributed by atoms with van der Waals surface area (Å²) in [6.45, 7) is 10.5. The number of rotatable bonds is 2. The molecule has 1 aromatic rings. The van der Waals surface area contributed by atoms with Crippen LogP contribution in [0.1, 0.15) is 53.0 Å². The molecule has 3 nitrogen and oxygen atoms in total. The van der Waals surface area contributed by atoms with E-state index in [4.69, 9.17) is 5.73 Å². The van der Waals surface area contributed by atoms with Gasteiger partial charge in [0.25, 0.3) is 0 Å². The van der Waals surface area contributed by atoms with Gasteiger partial charge in [-0.05, 0) is 41.4 Å². The van der Waals surface area contributed by atoms with Gasteiger partial charge in [-0.2, -0.15) is 0 Å². The molecule has 1 saturated carbocycles. The van der Waals surface area contributed by atoms with Crippen molar-refractivity contribution >= 4 is 9.84 Å². The van der Waals surface area contributed by atoms with E-state index in [0.29, 0.717) is 11.3 Å². The van der Waals surface area contributed by atoms with Crippen LogP contribution < -0.4 is 5.73 Å². The minimum absolute atomic E-state index is 0.0219. The highest BCUT2D eigenvalue weighted by molar-refractivity contribution is 7.92. The van der Waals surface area contributed by atoms with Gasteiger partial charge in [0.05, 0.1) is 10.1 Å². The van der Waals surface area contributed by atoms with Crippen LogP contribution in [-0.4, -0.2) is 19.7 Å². The van der Waals surface area contributed by atoms with Crippen molar-refractivity contribution in [1.82, 2.24) is 0 Å². The summed E-state index contributed by atoms with van der Waals surface area (Å²) in [4.78, 5) is 0.397. The second-order valence-electron chi connectivity index (χ2n) is 7.91. The first-order valence-corrected chi connectivity index (χ1v) is 9.11. The van der Waals surface area contributed by atoms with Crippen LogP contribution in [-0.2, 0) is 15.3 Å². The van der Waals surface area contributed by atoms with Crippen molar-refractivity contribution in [1.29, 1.82) is 0 Å². The highest BCUT2D eigenvalue weighted by Crippen LogP contribution is 2.41. The average molecular weight is 309 g/mol. The molecule has 2 rings (SSSR count). The summed E-state index contributed by atoms with van der Waals surface area (Å²) < 4.78 is 25.6. The van der Waals surface area contributed by atoms with E-state index in [2.05, 4.69) is 34.6 Å². The number of nitrogens with two attached hydrogens (primary N) is 1. The Morgan fingerprint density at radius 3 is 2.05 bits per heavy atom. The molecule has 0 radical (unpaired) electrons. The van der Waals surface area contributed by atoms with E-state index in [1.54, 1.807) is 12.1 Å². The fourth-order valence-corrected chi connectivity index (χ4v) is 5.08. The van der Waals surface area contributed by atoms with Gasteiger partial charge in [-0.25, -0.2) is 8.42 Å². The monoisotopic (exact) mass is 309 g/mol. The van der Waals surface area contributed by atoms with E-state index < -0.39 is 15.1 Å². The number of benzene rings is 1. The Balaban J connectivity index is 2.33. The van der Waals surface area contributed by atoms with Crippen LogP contribution in [0.2, 0.25) is 0 Å². The van der Waals surface area contributed by atoms with Crippen molar-refractivity contribution < 1.29 is 8.42 Å². The zero-order chi connectivity index (χ0) is 16.1. The maximum Gasteiger partial charge on any atom is 0.182 e. The smallest absolute Gasteiger partial charge is 0.182 e. The van der Waals surface area contributed by atoms with E-state index in [1.807, 2.05) is 12.1 Å². The summed E-state index contributed by atoms with van der Waals surface area (Å²) in [5.41, 5.74) is 7.25. The Labute approximate surface area is 128 Å². The molecule has 2 atom stereocenters. The molecular weight excluding hydrogens is 282 g/mol. The maximum atomic E-state index is 12.8. The molecule has 0 spiro atoms. The summed E-state index contributed by atoms with van der Waals surface area (Å²) in [5, 5.41) is -0.465. The average Bonchev–Trinajstić information content (AvgIpc) is 2.64. The van der Waals surface area contributed by atoms with Crippen LogP contribution in [0.4, 0.5) is 0 Å². The third-order valence-corrected chi connectivity index (χ3v) is 7.08. The molecular formula is C17H27NO2S. The lowest BCUT2D eigenvalue weighted by atomic mass is 9.87. The molecule has 0 aromatic heterocycles. The Bertz CT molecular complexity index is 609. The van der Waals surface area contributed by atoms with Gasteiger partial charge in [0.15, 0.2) is 9.84 Å². The zero-order valence-electron chi connectivity index (χ0n) is 13.7. The molecule has 21 heavy (non-hydrogen) atoms. The van der Waals surface area contributed by atoms with Crippen LogP contribution in [0.15, 0.2) is 29.2 Å². The molecule has 0 heterocycles. The molecule has 0 saturated heterocycles. The van der Waals surface area contributed by atoms with Gasteiger partial charge < -0.3 is 5.73 Å². The van der Waals surface area contributed by atoms with Gasteiger partial charge in [-0.3, -0.25) is 0 Å². The lowest BCUT2D eigenvalue weighted by Crippen LogP contribution is -2.43. The second-order valence-corrected chi connectivity index (χ2v) is 10.1. The van der Waals surface area contributed by atoms with Crippen molar-refractivity contribution in [2.75, 3.05) is 0 Å². The molecule has 1 aliphatic carbocycles. The fourth-order valence-electron chi connectivity index (χ4n) is 3.03. The van der Waals surface area contributed by atoms with Crippen LogP contribution in [0.25, 0.3) is 0 Å². The Hall–Kier alpha value is -0.870. The largest absolute Gasteiger partial charge is 0.326 e. The number of hydrogen-bond donors (Lipinski definition) is 1. The molecule has 1 fully saturated rings. The van der Waals surface area contributed by atoms with Gasteiger partial charge in [-0.15, -0.1) is 0 Å². The third kappa shape index (κ3) is 3.02. The minimum atomic E-state index is -3.35. The standard InChI is InChI=1S/C17H27NO2S/c1-16(2,3)12-6-8-13(9-7-12)21(19,20)14-10-11-17(4,5)15(14)18/h6-9,14-15H,10-11,18H2,1-5H3. The fraction of sp³-hybridized carbons (Fsp3) is 0.647. The predicted octanol–water partition coefficient (Wildman–Crippen LogP) is 3.27. The lowest BCUT2D eigenvalue weighted by molar-refractivity contribution is 0.332. The first kappa shape index (κ1) is 16.5. The Kier molecular flexibility index (Phi) is 4.00. The van der Waals surface area contributed by atoms with E-state index in [9.17, 15) is 8.42 Å². The molecule has 1 aromatic carbocycles. The van der Waals surface area contributed by atoms with Crippen LogP contribution >= 0.6 is 0 Å². The topological polar surface area (TPSA) is 60.2 Å². The molecule has 0 bridgehead atoms. The maximum absolute atomic E-state index is 12.8. The van der Waals surface area contributed by atoms with Crippen molar-refractivity contribution in [3.63, 3.8) is 0 Å². The quantitative estimate of drug-likeness (QED) is 0.912. The third-order valence-electron chi connectivity index (χ3n) is 4.82. The van der Waals surface area contributed by atoms with Crippen molar-refractivity contribution in [3.05, 3.63) is 29.8 Å². The SMILES string of the molecule is CC(C)(C)c1ccc(S(=O)(=O)C2CCC(C)(C)C2N)cc1. The summed E-state index contributed by atoms with van der Waals surface area (Å²) in [5.74, 6) is 0. The van der Waals surface area contributed by atoms with Gasteiger partial charge in [-0.1, -0.05) is 46.8 Å². The van der Waals surface area contributed by atoms with Gasteiger partial charge in [0, 0.05) is 6.04 Å². The zero-order valence-corrected chi connectivity index (χ0v) is 14.5. The van der Waals surface area contributed by atoms with Gasteiger partial charge in [0.1, 0.15) is 0 Å². The van der Waals surface area contributed by atoms with Crippen molar-refractivity contribution in [3.8, 4) is 0 Å². The summed E-state index contributed by atoms with van der Waals surface area (Å²) in [7, 11) is -3.35. The van der Waals surface area contributed by atoms with Gasteiger partial charge >= 0.3 is 0 Å². The van der Waals surface area contributed by atoms with Crippen molar-refractivity contribution in [2.24, 2.45) is 11.1 Å². The second kappa shape index (κ2) is 5.10. The molecule has 2 unspecified atom stereocenters. The van der Waals surface area contributed by atoms with E-state index in [0.717, 1.165) is 12.0 Å². The highest BCUT2D eigenvalue weighted by Gasteiger charge is 2.46. The molecule has 0 amide bonds. The summed E-state index contributed by atoms with van der Waals surface area (Å²) in [6, 6.07) is 6.99. The van der Waals surface area contributed by atoms with Crippen LogP contribution in [0.5, 0.6) is 0 Å². The minimum Gasteiger partial charge on any atom is -0.326 e. The van der Waals surface area contributed by atoms with E-state index >= 15 is 0 Å². The number of sulfone groups is 1. The van der Waals surface area contributed by atoms with Crippen LogP contribution in [0, 0.1) is 5.41 Å². The normalized spacial score (nSPS) is 26.0. The molecule has 118 valence electrons. The first-order valence-electron chi connectivity index (χ1n) is 7.56. The van der Waals surface area contributed by atoms with E-state index in [-0.39, 0.29) is 16.9 Å². The predicted molar refractivity (Wildman–Crippen MR) is 87.1 cm³/mol. The lowest BCUT2D eigenvalue weighted by Gasteiger charge is -2.27. The van der Waals surface area contributed by atoms with Gasteiger partial charge in [0.2, 0.25) is 0 Å². The number of hydrogen-bond acceptors (Lipinski definition) is 3. The summed E-state index contributed by atoms with van der Waals surface area (Å²) >= 11 is 0. The highest BCUT2D eigenvalue weighted by atomic mass is 32.2. The molecule has 0 aliphatic heterocycles. The first-order chi connectivity index (χ1) is 9.46. The Morgan fingerprint density at radius 2 is 1.67 bits per heavy atom. The van der Waals surface area contributed by atoms with Crippen molar-refractivity contribution in [2.45, 2.75) is 69.1 Å². The van der Waals surface area contributed by atoms with E-state index in [1.165, 1.54) is 0 Å². The Morgan fingerprint density at radius 1 is 1.14 bits per heavy atom. The van der Waals surface area contributed by atoms with Crippen LogP contribution in [0.3, 0.4) is 0 Å².